The van der Waals surface area contributed by atoms with Gasteiger partial charge in [0.1, 0.15) is 11.5 Å². The number of amidine groups is 1. The summed E-state index contributed by atoms with van der Waals surface area (Å²) < 4.78 is 0. The predicted octanol–water partition coefficient (Wildman–Crippen LogP) is 0.550. The third-order valence-corrected chi connectivity index (χ3v) is 4.81. The Kier molecular flexibility index (Phi) is 4.69. The molecule has 0 radical (unpaired) electrons. The van der Waals surface area contributed by atoms with Crippen LogP contribution in [0, 0.1) is 5.41 Å². The molecule has 1 heterocycles. The maximum absolute atomic E-state index is 13.0. The molecule has 21 heavy (non-hydrogen) atoms. The van der Waals surface area contributed by atoms with Crippen LogP contribution in [-0.4, -0.2) is 40.3 Å². The molecule has 0 spiro atoms. The lowest BCUT2D eigenvalue weighted by atomic mass is 9.77. The zero-order valence-corrected chi connectivity index (χ0v) is 12.3. The third kappa shape index (κ3) is 2.82. The van der Waals surface area contributed by atoms with E-state index in [2.05, 4.69) is 5.16 Å². The summed E-state index contributed by atoms with van der Waals surface area (Å²) in [5.74, 6) is -0.727. The molecule has 2 amide bonds. The minimum atomic E-state index is -0.983. The molecule has 5 N–H and O–H groups in total. The minimum Gasteiger partial charge on any atom is -0.409 e. The summed E-state index contributed by atoms with van der Waals surface area (Å²) in [6.07, 6.45) is 6.25. The van der Waals surface area contributed by atoms with Gasteiger partial charge < -0.3 is 21.6 Å². The fraction of sp³-hybridized carbons (Fsp3) is 0.786. The summed E-state index contributed by atoms with van der Waals surface area (Å²) in [6.45, 7) is 0.507. The van der Waals surface area contributed by atoms with E-state index in [0.717, 1.165) is 32.1 Å². The Bertz CT molecular complexity index is 442. The fourth-order valence-corrected chi connectivity index (χ4v) is 3.59. The van der Waals surface area contributed by atoms with Crippen LogP contribution >= 0.6 is 0 Å². The highest BCUT2D eigenvalue weighted by Crippen LogP contribution is 2.38. The highest BCUT2D eigenvalue weighted by molar-refractivity contribution is 6.07. The number of oxime groups is 1. The van der Waals surface area contributed by atoms with Gasteiger partial charge in [-0.1, -0.05) is 30.8 Å². The molecule has 0 aromatic heterocycles. The van der Waals surface area contributed by atoms with Gasteiger partial charge in [-0.2, -0.15) is 0 Å². The molecule has 0 aromatic carbocycles. The second-order valence-corrected chi connectivity index (χ2v) is 6.04. The normalized spacial score (nSPS) is 26.4. The summed E-state index contributed by atoms with van der Waals surface area (Å²) in [6, 6.07) is -0.566. The SMILES string of the molecule is NC(=O)C1CCCN1C(=O)C1(C(N)=NO)CCCCCC1. The quantitative estimate of drug-likeness (QED) is 0.231. The van der Waals surface area contributed by atoms with Crippen LogP contribution in [0.25, 0.3) is 0 Å². The number of primary amides is 1. The maximum atomic E-state index is 13.0. The van der Waals surface area contributed by atoms with Crippen molar-refractivity contribution in [2.75, 3.05) is 6.54 Å². The Morgan fingerprint density at radius 1 is 1.10 bits per heavy atom. The highest BCUT2D eigenvalue weighted by atomic mass is 16.4. The average Bonchev–Trinajstić information content (AvgIpc) is 2.84. The average molecular weight is 296 g/mol. The molecule has 1 atom stereocenters. The molecule has 2 fully saturated rings. The van der Waals surface area contributed by atoms with Crippen molar-refractivity contribution in [3.8, 4) is 0 Å². The van der Waals surface area contributed by atoms with Crippen LogP contribution in [0.15, 0.2) is 5.16 Å². The van der Waals surface area contributed by atoms with Crippen LogP contribution in [0.5, 0.6) is 0 Å². The van der Waals surface area contributed by atoms with Gasteiger partial charge in [-0.25, -0.2) is 0 Å². The van der Waals surface area contributed by atoms with Crippen molar-refractivity contribution in [1.82, 2.24) is 4.90 Å². The first kappa shape index (κ1) is 15.6. The number of hydrogen-bond donors (Lipinski definition) is 3. The molecule has 0 aromatic rings. The van der Waals surface area contributed by atoms with E-state index in [4.69, 9.17) is 16.7 Å². The number of hydrogen-bond acceptors (Lipinski definition) is 4. The Morgan fingerprint density at radius 2 is 1.71 bits per heavy atom. The van der Waals surface area contributed by atoms with Gasteiger partial charge in [0.05, 0.1) is 0 Å². The predicted molar refractivity (Wildman–Crippen MR) is 77.5 cm³/mol. The topological polar surface area (TPSA) is 122 Å². The third-order valence-electron chi connectivity index (χ3n) is 4.81. The number of amides is 2. The summed E-state index contributed by atoms with van der Waals surface area (Å²) in [5, 5.41) is 12.2. The van der Waals surface area contributed by atoms with Crippen molar-refractivity contribution < 1.29 is 14.8 Å². The number of nitrogens with zero attached hydrogens (tertiary/aromatic N) is 2. The van der Waals surface area contributed by atoms with E-state index in [1.165, 1.54) is 4.90 Å². The molecular weight excluding hydrogens is 272 g/mol. The molecule has 2 aliphatic rings. The Hall–Kier alpha value is -1.79. The zero-order valence-electron chi connectivity index (χ0n) is 12.3. The molecule has 0 bridgehead atoms. The molecule has 1 aliphatic carbocycles. The lowest BCUT2D eigenvalue weighted by molar-refractivity contribution is -0.143. The molecular formula is C14H24N4O3. The van der Waals surface area contributed by atoms with E-state index < -0.39 is 17.4 Å². The van der Waals surface area contributed by atoms with Crippen LogP contribution in [0.2, 0.25) is 0 Å². The summed E-state index contributed by atoms with van der Waals surface area (Å²) in [7, 11) is 0. The molecule has 118 valence electrons. The highest BCUT2D eigenvalue weighted by Gasteiger charge is 2.48. The van der Waals surface area contributed by atoms with Gasteiger partial charge in [-0.05, 0) is 25.7 Å². The Labute approximate surface area is 124 Å². The number of nitrogens with two attached hydrogens (primary N) is 2. The number of rotatable bonds is 3. The standard InChI is InChI=1S/C14H24N4O3/c15-11(19)10-6-5-9-18(10)13(20)14(12(16)17-21)7-3-1-2-4-8-14/h10,21H,1-9H2,(H2,15,19)(H2,16,17). The second-order valence-electron chi connectivity index (χ2n) is 6.04. The number of carbonyl (C=O) groups excluding carboxylic acids is 2. The van der Waals surface area contributed by atoms with Gasteiger partial charge >= 0.3 is 0 Å². The molecule has 2 rings (SSSR count). The van der Waals surface area contributed by atoms with E-state index in [1.807, 2.05) is 0 Å². The molecule has 1 unspecified atom stereocenters. The first-order valence-electron chi connectivity index (χ1n) is 7.61. The van der Waals surface area contributed by atoms with Crippen molar-refractivity contribution in [2.45, 2.75) is 57.4 Å². The summed E-state index contributed by atoms with van der Waals surface area (Å²) in [4.78, 5) is 26.1. The lowest BCUT2D eigenvalue weighted by Gasteiger charge is -2.35. The van der Waals surface area contributed by atoms with Crippen LogP contribution < -0.4 is 11.5 Å². The van der Waals surface area contributed by atoms with Gasteiger partial charge in [-0.3, -0.25) is 9.59 Å². The lowest BCUT2D eigenvalue weighted by Crippen LogP contribution is -2.54. The largest absolute Gasteiger partial charge is 0.409 e. The van der Waals surface area contributed by atoms with E-state index in [1.54, 1.807) is 0 Å². The van der Waals surface area contributed by atoms with Crippen molar-refractivity contribution in [3.63, 3.8) is 0 Å². The molecule has 1 aliphatic heterocycles. The second kappa shape index (κ2) is 6.32. The van der Waals surface area contributed by atoms with Crippen molar-refractivity contribution in [2.24, 2.45) is 22.0 Å². The van der Waals surface area contributed by atoms with Crippen LogP contribution in [0.3, 0.4) is 0 Å². The molecule has 7 heteroatoms. The first-order chi connectivity index (χ1) is 10.0. The van der Waals surface area contributed by atoms with Crippen molar-refractivity contribution >= 4 is 17.6 Å². The van der Waals surface area contributed by atoms with Crippen molar-refractivity contribution in [3.05, 3.63) is 0 Å². The smallest absolute Gasteiger partial charge is 0.240 e. The fourth-order valence-electron chi connectivity index (χ4n) is 3.59. The van der Waals surface area contributed by atoms with Gasteiger partial charge in [0.25, 0.3) is 0 Å². The molecule has 7 nitrogen and oxygen atoms in total. The van der Waals surface area contributed by atoms with Crippen LogP contribution in [0.1, 0.15) is 51.4 Å². The van der Waals surface area contributed by atoms with Crippen LogP contribution in [-0.2, 0) is 9.59 Å². The van der Waals surface area contributed by atoms with E-state index in [-0.39, 0.29) is 11.7 Å². The van der Waals surface area contributed by atoms with Gasteiger partial charge in [-0.15, -0.1) is 0 Å². The van der Waals surface area contributed by atoms with E-state index in [0.29, 0.717) is 25.8 Å². The minimum absolute atomic E-state index is 0.0375. The Morgan fingerprint density at radius 3 is 2.24 bits per heavy atom. The zero-order chi connectivity index (χ0) is 15.5. The monoisotopic (exact) mass is 296 g/mol. The Balaban J connectivity index is 2.32. The van der Waals surface area contributed by atoms with E-state index >= 15 is 0 Å². The first-order valence-corrected chi connectivity index (χ1v) is 7.61. The summed E-state index contributed by atoms with van der Waals surface area (Å²) in [5.41, 5.74) is 10.3. The van der Waals surface area contributed by atoms with Crippen molar-refractivity contribution in [1.29, 1.82) is 0 Å². The summed E-state index contributed by atoms with van der Waals surface area (Å²) >= 11 is 0. The van der Waals surface area contributed by atoms with Crippen LogP contribution in [0.4, 0.5) is 0 Å². The number of likely N-dealkylation sites (tertiary alicyclic amines) is 1. The van der Waals surface area contributed by atoms with Gasteiger partial charge in [0.2, 0.25) is 11.8 Å². The van der Waals surface area contributed by atoms with Gasteiger partial charge in [0.15, 0.2) is 5.84 Å². The number of carbonyl (C=O) groups is 2. The molecule has 1 saturated carbocycles. The van der Waals surface area contributed by atoms with Gasteiger partial charge in [0, 0.05) is 6.54 Å². The maximum Gasteiger partial charge on any atom is 0.240 e. The molecule has 1 saturated heterocycles. The van der Waals surface area contributed by atoms with E-state index in [9.17, 15) is 9.59 Å².